The van der Waals surface area contributed by atoms with Crippen LogP contribution >= 0.6 is 15.9 Å². The summed E-state index contributed by atoms with van der Waals surface area (Å²) in [6.07, 6.45) is 2.03. The number of halogens is 1. The molecule has 1 aromatic carbocycles. The van der Waals surface area contributed by atoms with Gasteiger partial charge in [-0.25, -0.2) is 0 Å². The van der Waals surface area contributed by atoms with Gasteiger partial charge in [0.2, 0.25) is 0 Å². The Morgan fingerprint density at radius 2 is 2.06 bits per heavy atom. The average Bonchev–Trinajstić information content (AvgIpc) is 2.21. The SMILES string of the molecule is CCCC(C)(C)NC(=O)c1cccc(C)c1Br. The van der Waals surface area contributed by atoms with Gasteiger partial charge in [-0.15, -0.1) is 0 Å². The molecule has 1 N–H and O–H groups in total. The molecule has 0 bridgehead atoms. The van der Waals surface area contributed by atoms with E-state index in [0.29, 0.717) is 5.56 Å². The minimum absolute atomic E-state index is 0.0148. The van der Waals surface area contributed by atoms with E-state index in [1.807, 2.05) is 25.1 Å². The van der Waals surface area contributed by atoms with Crippen molar-refractivity contribution in [3.8, 4) is 0 Å². The summed E-state index contributed by atoms with van der Waals surface area (Å²) in [6, 6.07) is 5.73. The van der Waals surface area contributed by atoms with Crippen molar-refractivity contribution in [2.24, 2.45) is 0 Å². The summed E-state index contributed by atoms with van der Waals surface area (Å²) in [4.78, 5) is 12.2. The molecule has 2 nitrogen and oxygen atoms in total. The molecule has 0 aliphatic heterocycles. The monoisotopic (exact) mass is 297 g/mol. The number of amides is 1. The van der Waals surface area contributed by atoms with Crippen LogP contribution in [0.25, 0.3) is 0 Å². The summed E-state index contributed by atoms with van der Waals surface area (Å²) in [7, 11) is 0. The van der Waals surface area contributed by atoms with Gasteiger partial charge in [0.25, 0.3) is 5.91 Å². The van der Waals surface area contributed by atoms with Crippen LogP contribution in [0.15, 0.2) is 22.7 Å². The van der Waals surface area contributed by atoms with Crippen LogP contribution in [0.3, 0.4) is 0 Å². The van der Waals surface area contributed by atoms with Gasteiger partial charge in [0.05, 0.1) is 5.56 Å². The van der Waals surface area contributed by atoms with Crippen LogP contribution in [-0.2, 0) is 0 Å². The number of carbonyl (C=O) groups is 1. The Kier molecular flexibility index (Phi) is 4.75. The van der Waals surface area contributed by atoms with Crippen LogP contribution in [0.1, 0.15) is 49.5 Å². The third-order valence-electron chi connectivity index (χ3n) is 2.76. The number of nitrogens with one attached hydrogen (secondary N) is 1. The molecule has 1 aromatic rings. The van der Waals surface area contributed by atoms with Crippen molar-refractivity contribution >= 4 is 21.8 Å². The molecule has 0 heterocycles. The second kappa shape index (κ2) is 5.67. The summed E-state index contributed by atoms with van der Waals surface area (Å²) < 4.78 is 0.879. The molecule has 1 rings (SSSR count). The standard InChI is InChI=1S/C14H20BrNO/c1-5-9-14(3,4)16-13(17)11-8-6-7-10(2)12(11)15/h6-8H,5,9H2,1-4H3,(H,16,17). The zero-order chi connectivity index (χ0) is 13.1. The molecule has 0 saturated carbocycles. The quantitative estimate of drug-likeness (QED) is 0.892. The Morgan fingerprint density at radius 3 is 2.65 bits per heavy atom. The first-order valence-corrected chi connectivity index (χ1v) is 6.74. The summed E-state index contributed by atoms with van der Waals surface area (Å²) in [5.41, 5.74) is 1.62. The Morgan fingerprint density at radius 1 is 1.41 bits per heavy atom. The Labute approximate surface area is 112 Å². The van der Waals surface area contributed by atoms with E-state index in [9.17, 15) is 4.79 Å². The lowest BCUT2D eigenvalue weighted by molar-refractivity contribution is 0.0908. The van der Waals surface area contributed by atoms with Crippen LogP contribution in [0.2, 0.25) is 0 Å². The van der Waals surface area contributed by atoms with Crippen LogP contribution in [0.5, 0.6) is 0 Å². The Balaban J connectivity index is 2.87. The number of hydrogen-bond acceptors (Lipinski definition) is 1. The van der Waals surface area contributed by atoms with Crippen molar-refractivity contribution in [3.05, 3.63) is 33.8 Å². The first-order valence-electron chi connectivity index (χ1n) is 5.95. The van der Waals surface area contributed by atoms with Crippen LogP contribution < -0.4 is 5.32 Å². The molecular weight excluding hydrogens is 278 g/mol. The van der Waals surface area contributed by atoms with Crippen molar-refractivity contribution < 1.29 is 4.79 Å². The van der Waals surface area contributed by atoms with Crippen molar-refractivity contribution in [3.63, 3.8) is 0 Å². The molecule has 0 saturated heterocycles. The fourth-order valence-corrected chi connectivity index (χ4v) is 2.33. The molecule has 0 atom stereocenters. The zero-order valence-corrected chi connectivity index (χ0v) is 12.5. The molecule has 1 amide bonds. The first-order chi connectivity index (χ1) is 7.87. The minimum Gasteiger partial charge on any atom is -0.347 e. The molecule has 0 spiro atoms. The maximum Gasteiger partial charge on any atom is 0.252 e. The maximum absolute atomic E-state index is 12.2. The lowest BCUT2D eigenvalue weighted by atomic mass is 9.98. The van der Waals surface area contributed by atoms with E-state index in [1.165, 1.54) is 0 Å². The molecule has 17 heavy (non-hydrogen) atoms. The van der Waals surface area contributed by atoms with Gasteiger partial charge in [-0.1, -0.05) is 25.5 Å². The van der Waals surface area contributed by atoms with Gasteiger partial charge in [-0.2, -0.15) is 0 Å². The largest absolute Gasteiger partial charge is 0.347 e. The summed E-state index contributed by atoms with van der Waals surface area (Å²) in [6.45, 7) is 8.21. The van der Waals surface area contributed by atoms with E-state index in [4.69, 9.17) is 0 Å². The summed E-state index contributed by atoms with van der Waals surface area (Å²) in [5, 5.41) is 3.07. The van der Waals surface area contributed by atoms with E-state index in [1.54, 1.807) is 0 Å². The highest BCUT2D eigenvalue weighted by molar-refractivity contribution is 9.10. The van der Waals surface area contributed by atoms with E-state index in [2.05, 4.69) is 42.0 Å². The third-order valence-corrected chi connectivity index (χ3v) is 3.82. The number of benzene rings is 1. The Hall–Kier alpha value is -0.830. The first kappa shape index (κ1) is 14.2. The van der Waals surface area contributed by atoms with Crippen LogP contribution in [0.4, 0.5) is 0 Å². The topological polar surface area (TPSA) is 29.1 Å². The van der Waals surface area contributed by atoms with Gasteiger partial charge in [-0.05, 0) is 54.8 Å². The van der Waals surface area contributed by atoms with E-state index >= 15 is 0 Å². The maximum atomic E-state index is 12.2. The average molecular weight is 298 g/mol. The summed E-state index contributed by atoms with van der Waals surface area (Å²) in [5.74, 6) is -0.0148. The van der Waals surface area contributed by atoms with Crippen molar-refractivity contribution in [1.29, 1.82) is 0 Å². The second-order valence-corrected chi connectivity index (χ2v) is 5.82. The molecule has 0 unspecified atom stereocenters. The van der Waals surface area contributed by atoms with Crippen molar-refractivity contribution in [2.75, 3.05) is 0 Å². The van der Waals surface area contributed by atoms with Gasteiger partial charge >= 0.3 is 0 Å². The highest BCUT2D eigenvalue weighted by atomic mass is 79.9. The molecule has 3 heteroatoms. The van der Waals surface area contributed by atoms with Gasteiger partial charge in [0, 0.05) is 10.0 Å². The van der Waals surface area contributed by atoms with Crippen LogP contribution in [-0.4, -0.2) is 11.4 Å². The second-order valence-electron chi connectivity index (χ2n) is 5.02. The van der Waals surface area contributed by atoms with Crippen molar-refractivity contribution in [1.82, 2.24) is 5.32 Å². The fourth-order valence-electron chi connectivity index (χ4n) is 1.88. The fraction of sp³-hybridized carbons (Fsp3) is 0.500. The molecule has 0 fully saturated rings. The van der Waals surface area contributed by atoms with Crippen LogP contribution in [0, 0.1) is 6.92 Å². The number of aryl methyl sites for hydroxylation is 1. The number of hydrogen-bond donors (Lipinski definition) is 1. The number of carbonyl (C=O) groups excluding carboxylic acids is 1. The normalized spacial score (nSPS) is 11.4. The third kappa shape index (κ3) is 3.84. The molecule has 0 aliphatic rings. The smallest absolute Gasteiger partial charge is 0.252 e. The predicted molar refractivity (Wildman–Crippen MR) is 75.3 cm³/mol. The van der Waals surface area contributed by atoms with Gasteiger partial charge in [0.15, 0.2) is 0 Å². The van der Waals surface area contributed by atoms with E-state index in [-0.39, 0.29) is 11.4 Å². The zero-order valence-electron chi connectivity index (χ0n) is 10.9. The molecule has 0 radical (unpaired) electrons. The van der Waals surface area contributed by atoms with Gasteiger partial charge in [-0.3, -0.25) is 4.79 Å². The number of rotatable bonds is 4. The molecule has 94 valence electrons. The molecule has 0 aromatic heterocycles. The minimum atomic E-state index is -0.158. The molecule has 0 aliphatic carbocycles. The highest BCUT2D eigenvalue weighted by Crippen LogP contribution is 2.22. The highest BCUT2D eigenvalue weighted by Gasteiger charge is 2.21. The summed E-state index contributed by atoms with van der Waals surface area (Å²) >= 11 is 3.47. The van der Waals surface area contributed by atoms with Gasteiger partial charge < -0.3 is 5.32 Å². The Bertz CT molecular complexity index is 413. The molecular formula is C14H20BrNO. The van der Waals surface area contributed by atoms with E-state index in [0.717, 1.165) is 22.9 Å². The van der Waals surface area contributed by atoms with E-state index < -0.39 is 0 Å². The van der Waals surface area contributed by atoms with Gasteiger partial charge in [0.1, 0.15) is 0 Å². The van der Waals surface area contributed by atoms with Crippen molar-refractivity contribution in [2.45, 2.75) is 46.1 Å². The lowest BCUT2D eigenvalue weighted by Crippen LogP contribution is -2.43. The lowest BCUT2D eigenvalue weighted by Gasteiger charge is -2.26. The predicted octanol–water partition coefficient (Wildman–Crippen LogP) is 4.07.